The minimum atomic E-state index is 0.686. The van der Waals surface area contributed by atoms with Gasteiger partial charge in [-0.25, -0.2) is 4.98 Å². The SMILES string of the molecule is C=O.CCN(CC1CCCC1)c1ccc(OC)nc1. The zero-order chi connectivity index (χ0) is 14.1. The molecule has 2 rings (SSSR count). The maximum absolute atomic E-state index is 8.00. The Bertz CT molecular complexity index is 348. The summed E-state index contributed by atoms with van der Waals surface area (Å²) in [6.45, 7) is 6.42. The number of aromatic nitrogens is 1. The van der Waals surface area contributed by atoms with Crippen molar-refractivity contribution in [3.05, 3.63) is 18.3 Å². The Labute approximate surface area is 115 Å². The van der Waals surface area contributed by atoms with Gasteiger partial charge in [-0.15, -0.1) is 0 Å². The Balaban J connectivity index is 0.000000861. The van der Waals surface area contributed by atoms with Gasteiger partial charge >= 0.3 is 0 Å². The minimum absolute atomic E-state index is 0.686. The van der Waals surface area contributed by atoms with Gasteiger partial charge in [-0.2, -0.15) is 0 Å². The van der Waals surface area contributed by atoms with E-state index in [9.17, 15) is 0 Å². The average Bonchev–Trinajstić information content (AvgIpc) is 3.00. The molecule has 1 saturated carbocycles. The van der Waals surface area contributed by atoms with Crippen LogP contribution in [-0.4, -0.2) is 32.0 Å². The molecule has 1 aromatic heterocycles. The first-order valence-electron chi connectivity index (χ1n) is 6.87. The topological polar surface area (TPSA) is 42.4 Å². The van der Waals surface area contributed by atoms with Crippen LogP contribution in [0.2, 0.25) is 0 Å². The number of ether oxygens (including phenoxy) is 1. The van der Waals surface area contributed by atoms with Crippen LogP contribution in [0.1, 0.15) is 32.6 Å². The third-order valence-corrected chi connectivity index (χ3v) is 3.63. The van der Waals surface area contributed by atoms with E-state index in [1.807, 2.05) is 19.1 Å². The Kier molecular flexibility index (Phi) is 6.93. The average molecular weight is 264 g/mol. The van der Waals surface area contributed by atoms with Crippen molar-refractivity contribution in [2.75, 3.05) is 25.1 Å². The summed E-state index contributed by atoms with van der Waals surface area (Å²) in [6.07, 6.45) is 7.50. The second-order valence-corrected chi connectivity index (χ2v) is 4.75. The van der Waals surface area contributed by atoms with Gasteiger partial charge in [-0.3, -0.25) is 0 Å². The second-order valence-electron chi connectivity index (χ2n) is 4.75. The normalized spacial score (nSPS) is 14.6. The number of rotatable bonds is 5. The highest BCUT2D eigenvalue weighted by Crippen LogP contribution is 2.27. The lowest BCUT2D eigenvalue weighted by atomic mass is 10.1. The van der Waals surface area contributed by atoms with E-state index in [1.165, 1.54) is 37.9 Å². The standard InChI is InChI=1S/C14H22N2O.CH2O/c1-3-16(11-12-6-4-5-7-12)13-8-9-14(17-2)15-10-13;1-2/h8-10,12H,3-7,11H2,1-2H3;1H2. The van der Waals surface area contributed by atoms with Crippen LogP contribution < -0.4 is 9.64 Å². The molecule has 19 heavy (non-hydrogen) atoms. The number of hydrogen-bond acceptors (Lipinski definition) is 4. The fraction of sp³-hybridized carbons (Fsp3) is 0.600. The fourth-order valence-electron chi connectivity index (χ4n) is 2.60. The van der Waals surface area contributed by atoms with Crippen molar-refractivity contribution < 1.29 is 9.53 Å². The van der Waals surface area contributed by atoms with E-state index in [0.29, 0.717) is 5.88 Å². The summed E-state index contributed by atoms with van der Waals surface area (Å²) in [6, 6.07) is 4.04. The number of nitrogens with zero attached hydrogens (tertiary/aromatic N) is 2. The van der Waals surface area contributed by atoms with Gasteiger partial charge in [0.1, 0.15) is 6.79 Å². The van der Waals surface area contributed by atoms with Gasteiger partial charge in [0.05, 0.1) is 19.0 Å². The van der Waals surface area contributed by atoms with Crippen molar-refractivity contribution in [1.82, 2.24) is 4.98 Å². The van der Waals surface area contributed by atoms with Crippen LogP contribution in [0.3, 0.4) is 0 Å². The van der Waals surface area contributed by atoms with Crippen molar-refractivity contribution in [2.45, 2.75) is 32.6 Å². The molecule has 106 valence electrons. The molecule has 0 bridgehead atoms. The molecule has 4 heteroatoms. The zero-order valence-electron chi connectivity index (χ0n) is 12.0. The van der Waals surface area contributed by atoms with Crippen molar-refractivity contribution in [3.63, 3.8) is 0 Å². The molecule has 1 aliphatic carbocycles. The first-order valence-corrected chi connectivity index (χ1v) is 6.87. The highest BCUT2D eigenvalue weighted by molar-refractivity contribution is 5.45. The lowest BCUT2D eigenvalue weighted by Gasteiger charge is -2.26. The lowest BCUT2D eigenvalue weighted by Crippen LogP contribution is -2.28. The van der Waals surface area contributed by atoms with Gasteiger partial charge in [0.15, 0.2) is 0 Å². The Morgan fingerprint density at radius 3 is 2.53 bits per heavy atom. The molecule has 1 aliphatic rings. The first-order chi connectivity index (χ1) is 9.33. The fourth-order valence-corrected chi connectivity index (χ4v) is 2.60. The van der Waals surface area contributed by atoms with Crippen LogP contribution in [0.15, 0.2) is 18.3 Å². The molecule has 0 atom stereocenters. The van der Waals surface area contributed by atoms with Crippen LogP contribution in [0.5, 0.6) is 5.88 Å². The van der Waals surface area contributed by atoms with Crippen LogP contribution in [0.25, 0.3) is 0 Å². The largest absolute Gasteiger partial charge is 0.481 e. The van der Waals surface area contributed by atoms with Crippen molar-refractivity contribution in [3.8, 4) is 5.88 Å². The Hall–Kier alpha value is -1.58. The molecule has 0 saturated heterocycles. The molecule has 0 aliphatic heterocycles. The Morgan fingerprint density at radius 2 is 2.05 bits per heavy atom. The number of carbonyl (C=O) groups excluding carboxylic acids is 1. The maximum Gasteiger partial charge on any atom is 0.213 e. The highest BCUT2D eigenvalue weighted by Gasteiger charge is 2.18. The van der Waals surface area contributed by atoms with E-state index in [-0.39, 0.29) is 0 Å². The van der Waals surface area contributed by atoms with Crippen molar-refractivity contribution >= 4 is 12.5 Å². The smallest absolute Gasteiger partial charge is 0.213 e. The molecule has 0 radical (unpaired) electrons. The van der Waals surface area contributed by atoms with Crippen LogP contribution in [0, 0.1) is 5.92 Å². The molecule has 0 spiro atoms. The van der Waals surface area contributed by atoms with Crippen molar-refractivity contribution in [1.29, 1.82) is 0 Å². The maximum atomic E-state index is 8.00. The minimum Gasteiger partial charge on any atom is -0.481 e. The van der Waals surface area contributed by atoms with Gasteiger partial charge in [0, 0.05) is 19.2 Å². The number of methoxy groups -OCH3 is 1. The van der Waals surface area contributed by atoms with E-state index < -0.39 is 0 Å². The van der Waals surface area contributed by atoms with Crippen molar-refractivity contribution in [2.24, 2.45) is 5.92 Å². The van der Waals surface area contributed by atoms with Gasteiger partial charge in [-0.1, -0.05) is 12.8 Å². The lowest BCUT2D eigenvalue weighted by molar-refractivity contribution is -0.0979. The molecule has 4 nitrogen and oxygen atoms in total. The summed E-state index contributed by atoms with van der Waals surface area (Å²) >= 11 is 0. The Morgan fingerprint density at radius 1 is 1.37 bits per heavy atom. The first kappa shape index (κ1) is 15.5. The monoisotopic (exact) mass is 264 g/mol. The third-order valence-electron chi connectivity index (χ3n) is 3.63. The molecule has 1 fully saturated rings. The molecule has 1 aromatic rings. The van der Waals surface area contributed by atoms with Gasteiger partial charge < -0.3 is 14.4 Å². The summed E-state index contributed by atoms with van der Waals surface area (Å²) in [5.41, 5.74) is 1.21. The molecule has 0 aromatic carbocycles. The molecular formula is C15H24N2O2. The predicted octanol–water partition coefficient (Wildman–Crippen LogP) is 2.92. The van der Waals surface area contributed by atoms with Crippen LogP contribution in [0.4, 0.5) is 5.69 Å². The summed E-state index contributed by atoms with van der Waals surface area (Å²) in [7, 11) is 1.65. The zero-order valence-corrected chi connectivity index (χ0v) is 12.0. The van der Waals surface area contributed by atoms with E-state index in [0.717, 1.165) is 12.5 Å². The highest BCUT2D eigenvalue weighted by atomic mass is 16.5. The van der Waals surface area contributed by atoms with E-state index in [1.54, 1.807) is 7.11 Å². The van der Waals surface area contributed by atoms with E-state index in [4.69, 9.17) is 9.53 Å². The quantitative estimate of drug-likeness (QED) is 0.820. The molecule has 1 heterocycles. The predicted molar refractivity (Wildman–Crippen MR) is 77.8 cm³/mol. The molecular weight excluding hydrogens is 240 g/mol. The van der Waals surface area contributed by atoms with Crippen LogP contribution >= 0.6 is 0 Å². The summed E-state index contributed by atoms with van der Waals surface area (Å²) in [5, 5.41) is 0. The number of pyridine rings is 1. The molecule has 0 unspecified atom stereocenters. The molecule has 0 N–H and O–H groups in total. The van der Waals surface area contributed by atoms with Gasteiger partial charge in [0.2, 0.25) is 5.88 Å². The second kappa shape index (κ2) is 8.51. The third kappa shape index (κ3) is 4.54. The summed E-state index contributed by atoms with van der Waals surface area (Å²) in [4.78, 5) is 14.7. The van der Waals surface area contributed by atoms with E-state index >= 15 is 0 Å². The van der Waals surface area contributed by atoms with Gasteiger partial charge in [0.25, 0.3) is 0 Å². The molecule has 0 amide bonds. The van der Waals surface area contributed by atoms with E-state index in [2.05, 4.69) is 22.9 Å². The number of anilines is 1. The summed E-state index contributed by atoms with van der Waals surface area (Å²) in [5.74, 6) is 1.56. The van der Waals surface area contributed by atoms with Crippen LogP contribution in [-0.2, 0) is 4.79 Å². The summed E-state index contributed by atoms with van der Waals surface area (Å²) < 4.78 is 5.09. The van der Waals surface area contributed by atoms with Gasteiger partial charge in [-0.05, 0) is 31.7 Å². The number of hydrogen-bond donors (Lipinski definition) is 0. The number of carbonyl (C=O) groups is 1.